The van der Waals surface area contributed by atoms with Crippen LogP contribution in [-0.4, -0.2) is 17.6 Å². The number of anilines is 1. The minimum Gasteiger partial charge on any atom is -0.462 e. The van der Waals surface area contributed by atoms with Gasteiger partial charge in [0.25, 0.3) is 0 Å². The zero-order chi connectivity index (χ0) is 13.0. The average molecular weight is 242 g/mol. The second-order valence-electron chi connectivity index (χ2n) is 3.71. The van der Waals surface area contributed by atoms with Gasteiger partial charge in [-0.25, -0.2) is 4.79 Å². The van der Waals surface area contributed by atoms with E-state index < -0.39 is 0 Å². The summed E-state index contributed by atoms with van der Waals surface area (Å²) >= 11 is 0. The molecule has 2 N–H and O–H groups in total. The molecule has 2 aromatic rings. The number of nitrogen functional groups attached to an aromatic ring is 1. The maximum Gasteiger partial charge on any atom is 0.338 e. The van der Waals surface area contributed by atoms with Crippen molar-refractivity contribution in [2.45, 2.75) is 6.92 Å². The van der Waals surface area contributed by atoms with E-state index >= 15 is 0 Å². The zero-order valence-electron chi connectivity index (χ0n) is 10.1. The fraction of sp³-hybridized carbons (Fsp3) is 0.143. The van der Waals surface area contributed by atoms with E-state index in [2.05, 4.69) is 4.98 Å². The highest BCUT2D eigenvalue weighted by Crippen LogP contribution is 2.28. The van der Waals surface area contributed by atoms with E-state index in [-0.39, 0.29) is 5.97 Å². The minimum absolute atomic E-state index is 0.329. The fourth-order valence-corrected chi connectivity index (χ4v) is 1.75. The zero-order valence-corrected chi connectivity index (χ0v) is 10.1. The summed E-state index contributed by atoms with van der Waals surface area (Å²) in [6.07, 6.45) is 1.66. The maximum atomic E-state index is 11.9. The third-order valence-electron chi connectivity index (χ3n) is 2.51. The van der Waals surface area contributed by atoms with Gasteiger partial charge in [0.1, 0.15) is 0 Å². The van der Waals surface area contributed by atoms with Crippen molar-refractivity contribution in [1.29, 1.82) is 0 Å². The number of pyridine rings is 1. The summed E-state index contributed by atoms with van der Waals surface area (Å²) in [5, 5.41) is 0. The van der Waals surface area contributed by atoms with E-state index in [1.54, 1.807) is 31.3 Å². The Morgan fingerprint density at radius 1 is 1.28 bits per heavy atom. The van der Waals surface area contributed by atoms with Gasteiger partial charge in [-0.1, -0.05) is 12.1 Å². The van der Waals surface area contributed by atoms with Crippen LogP contribution in [0.25, 0.3) is 11.3 Å². The van der Waals surface area contributed by atoms with Crippen molar-refractivity contribution in [3.8, 4) is 11.3 Å². The summed E-state index contributed by atoms with van der Waals surface area (Å²) in [4.78, 5) is 16.1. The van der Waals surface area contributed by atoms with Gasteiger partial charge in [0.2, 0.25) is 0 Å². The third-order valence-corrected chi connectivity index (χ3v) is 2.51. The molecule has 0 bridgehead atoms. The Morgan fingerprint density at radius 3 is 2.78 bits per heavy atom. The fourth-order valence-electron chi connectivity index (χ4n) is 1.75. The number of carbonyl (C=O) groups excluding carboxylic acids is 1. The van der Waals surface area contributed by atoms with Crippen LogP contribution in [0.5, 0.6) is 0 Å². The maximum absolute atomic E-state index is 11.9. The van der Waals surface area contributed by atoms with Crippen LogP contribution in [0.3, 0.4) is 0 Å². The van der Waals surface area contributed by atoms with Crippen LogP contribution >= 0.6 is 0 Å². The van der Waals surface area contributed by atoms with Gasteiger partial charge in [0.15, 0.2) is 0 Å². The highest BCUT2D eigenvalue weighted by molar-refractivity contribution is 6.00. The van der Waals surface area contributed by atoms with E-state index in [4.69, 9.17) is 10.5 Å². The van der Waals surface area contributed by atoms with E-state index in [0.717, 1.165) is 0 Å². The normalized spacial score (nSPS) is 10.1. The monoisotopic (exact) mass is 242 g/mol. The first-order chi connectivity index (χ1) is 8.74. The lowest BCUT2D eigenvalue weighted by Crippen LogP contribution is -2.08. The largest absolute Gasteiger partial charge is 0.462 e. The van der Waals surface area contributed by atoms with Gasteiger partial charge in [-0.3, -0.25) is 4.98 Å². The van der Waals surface area contributed by atoms with Crippen LogP contribution in [0.15, 0.2) is 42.6 Å². The second kappa shape index (κ2) is 5.31. The summed E-state index contributed by atoms with van der Waals surface area (Å²) in [5.74, 6) is -0.384. The minimum atomic E-state index is -0.384. The molecule has 1 heterocycles. The Balaban J connectivity index is 2.55. The van der Waals surface area contributed by atoms with Gasteiger partial charge >= 0.3 is 5.97 Å². The molecule has 2 rings (SSSR count). The molecular weight excluding hydrogens is 228 g/mol. The Morgan fingerprint density at radius 2 is 2.11 bits per heavy atom. The Hall–Kier alpha value is -2.36. The van der Waals surface area contributed by atoms with Crippen LogP contribution in [0.4, 0.5) is 5.69 Å². The van der Waals surface area contributed by atoms with E-state index in [1.807, 2.05) is 18.2 Å². The van der Waals surface area contributed by atoms with Crippen molar-refractivity contribution in [2.75, 3.05) is 12.3 Å². The van der Waals surface area contributed by atoms with Crippen molar-refractivity contribution < 1.29 is 9.53 Å². The molecule has 0 fully saturated rings. The number of benzene rings is 1. The Labute approximate surface area is 105 Å². The number of carbonyl (C=O) groups is 1. The number of esters is 1. The predicted octanol–water partition coefficient (Wildman–Crippen LogP) is 2.51. The first-order valence-electron chi connectivity index (χ1n) is 5.71. The molecule has 0 amide bonds. The standard InChI is InChI=1S/C14H14N2O2/c1-2-18-14(17)10-6-5-7-11(15)13(10)12-8-3-4-9-16-12/h3-9H,2,15H2,1H3. The summed E-state index contributed by atoms with van der Waals surface area (Å²) < 4.78 is 5.02. The molecule has 0 unspecified atom stereocenters. The van der Waals surface area contributed by atoms with Crippen LogP contribution in [0, 0.1) is 0 Å². The van der Waals surface area contributed by atoms with Gasteiger partial charge in [-0.2, -0.15) is 0 Å². The SMILES string of the molecule is CCOC(=O)c1cccc(N)c1-c1ccccn1. The Bertz CT molecular complexity index is 553. The van der Waals surface area contributed by atoms with Crippen LogP contribution in [-0.2, 0) is 4.74 Å². The van der Waals surface area contributed by atoms with Gasteiger partial charge < -0.3 is 10.5 Å². The van der Waals surface area contributed by atoms with Crippen LogP contribution < -0.4 is 5.73 Å². The molecule has 0 aliphatic heterocycles. The van der Waals surface area contributed by atoms with E-state index in [1.165, 1.54) is 0 Å². The van der Waals surface area contributed by atoms with Crippen molar-refractivity contribution in [3.63, 3.8) is 0 Å². The molecule has 0 saturated carbocycles. The lowest BCUT2D eigenvalue weighted by Gasteiger charge is -2.10. The number of ether oxygens (including phenoxy) is 1. The molecule has 0 atom stereocenters. The number of nitrogens with two attached hydrogens (primary N) is 1. The molecular formula is C14H14N2O2. The van der Waals surface area contributed by atoms with Gasteiger partial charge in [-0.05, 0) is 31.2 Å². The van der Waals surface area contributed by atoms with Crippen molar-refractivity contribution in [1.82, 2.24) is 4.98 Å². The molecule has 0 radical (unpaired) electrons. The van der Waals surface area contributed by atoms with Crippen LogP contribution in [0.1, 0.15) is 17.3 Å². The van der Waals surface area contributed by atoms with Gasteiger partial charge in [-0.15, -0.1) is 0 Å². The molecule has 0 aliphatic rings. The van der Waals surface area contributed by atoms with E-state index in [9.17, 15) is 4.79 Å². The lowest BCUT2D eigenvalue weighted by molar-refractivity contribution is 0.0527. The first kappa shape index (κ1) is 12.1. The predicted molar refractivity (Wildman–Crippen MR) is 70.0 cm³/mol. The number of nitrogens with zero attached hydrogens (tertiary/aromatic N) is 1. The molecule has 4 nitrogen and oxygen atoms in total. The molecule has 4 heteroatoms. The molecule has 1 aromatic heterocycles. The summed E-state index contributed by atoms with van der Waals surface area (Å²) in [7, 11) is 0. The van der Waals surface area contributed by atoms with Gasteiger partial charge in [0, 0.05) is 17.4 Å². The van der Waals surface area contributed by atoms with Crippen molar-refractivity contribution in [3.05, 3.63) is 48.2 Å². The molecule has 0 aliphatic carbocycles. The summed E-state index contributed by atoms with van der Waals surface area (Å²) in [6.45, 7) is 2.10. The topological polar surface area (TPSA) is 65.2 Å². The quantitative estimate of drug-likeness (QED) is 0.663. The molecule has 1 aromatic carbocycles. The van der Waals surface area contributed by atoms with Crippen molar-refractivity contribution in [2.24, 2.45) is 0 Å². The van der Waals surface area contributed by atoms with Crippen molar-refractivity contribution >= 4 is 11.7 Å². The average Bonchev–Trinajstić information content (AvgIpc) is 2.39. The second-order valence-corrected chi connectivity index (χ2v) is 3.71. The Kier molecular flexibility index (Phi) is 3.57. The van der Waals surface area contributed by atoms with E-state index in [0.29, 0.717) is 29.1 Å². The molecule has 0 saturated heterocycles. The third kappa shape index (κ3) is 2.32. The summed E-state index contributed by atoms with van der Waals surface area (Å²) in [6, 6.07) is 10.6. The number of rotatable bonds is 3. The smallest absolute Gasteiger partial charge is 0.338 e. The molecule has 0 spiro atoms. The number of hydrogen-bond donors (Lipinski definition) is 1. The molecule has 92 valence electrons. The highest BCUT2D eigenvalue weighted by Gasteiger charge is 2.16. The number of aromatic nitrogens is 1. The molecule has 18 heavy (non-hydrogen) atoms. The highest BCUT2D eigenvalue weighted by atomic mass is 16.5. The first-order valence-corrected chi connectivity index (χ1v) is 5.71. The number of hydrogen-bond acceptors (Lipinski definition) is 4. The van der Waals surface area contributed by atoms with Gasteiger partial charge in [0.05, 0.1) is 17.9 Å². The lowest BCUT2D eigenvalue weighted by atomic mass is 10.0. The van der Waals surface area contributed by atoms with Crippen LogP contribution in [0.2, 0.25) is 0 Å². The summed E-state index contributed by atoms with van der Waals surface area (Å²) in [5.41, 5.74) is 8.18.